The van der Waals surface area contributed by atoms with Crippen LogP contribution in [0.5, 0.6) is 5.75 Å². The lowest BCUT2D eigenvalue weighted by Crippen LogP contribution is -2.38. The van der Waals surface area contributed by atoms with E-state index in [4.69, 9.17) is 9.72 Å². The lowest BCUT2D eigenvalue weighted by atomic mass is 10.1. The average molecular weight is 486 g/mol. The number of nitrogens with one attached hydrogen (secondary N) is 3. The number of hydrogen-bond donors (Lipinski definition) is 3. The second-order valence-electron chi connectivity index (χ2n) is 8.78. The normalized spacial score (nSPS) is 14.9. The van der Waals surface area contributed by atoms with E-state index in [1.807, 2.05) is 24.3 Å². The van der Waals surface area contributed by atoms with E-state index in [-0.39, 0.29) is 11.9 Å². The van der Waals surface area contributed by atoms with Gasteiger partial charge in [-0.2, -0.15) is 0 Å². The molecule has 1 fully saturated rings. The fraction of sp³-hybridized carbons (Fsp3) is 0.296. The van der Waals surface area contributed by atoms with Crippen LogP contribution in [0.2, 0.25) is 0 Å². The Labute approximate surface area is 210 Å². The van der Waals surface area contributed by atoms with Crippen LogP contribution in [0.25, 0.3) is 22.3 Å². The molecule has 3 N–H and O–H groups in total. The number of carbonyl (C=O) groups is 1. The van der Waals surface area contributed by atoms with Crippen molar-refractivity contribution in [3.8, 4) is 17.1 Å². The van der Waals surface area contributed by atoms with Gasteiger partial charge in [-0.15, -0.1) is 0 Å². The molecule has 0 aliphatic carbocycles. The average Bonchev–Trinajstić information content (AvgIpc) is 3.52. The van der Waals surface area contributed by atoms with Crippen LogP contribution in [0.3, 0.4) is 0 Å². The van der Waals surface area contributed by atoms with Crippen LogP contribution in [0.15, 0.2) is 60.9 Å². The maximum Gasteiger partial charge on any atom is 0.251 e. The van der Waals surface area contributed by atoms with Gasteiger partial charge in [-0.05, 0) is 30.3 Å². The largest absolute Gasteiger partial charge is 0.495 e. The first-order valence-electron chi connectivity index (χ1n) is 12.2. The van der Waals surface area contributed by atoms with E-state index < -0.39 is 0 Å². The van der Waals surface area contributed by atoms with E-state index in [2.05, 4.69) is 56.6 Å². The second kappa shape index (κ2) is 10.3. The number of rotatable bonds is 8. The molecular formula is C27H31N7O2. The summed E-state index contributed by atoms with van der Waals surface area (Å²) in [5, 5.41) is 12.1. The number of anilines is 2. The predicted octanol–water partition coefficient (Wildman–Crippen LogP) is 4.05. The summed E-state index contributed by atoms with van der Waals surface area (Å²) in [6.45, 7) is 7.75. The molecule has 1 aliphatic rings. The summed E-state index contributed by atoms with van der Waals surface area (Å²) in [5.74, 6) is 1.02. The van der Waals surface area contributed by atoms with Crippen LogP contribution in [-0.2, 0) is 0 Å². The highest BCUT2D eigenvalue weighted by atomic mass is 16.5. The third-order valence-corrected chi connectivity index (χ3v) is 6.49. The fourth-order valence-electron chi connectivity index (χ4n) is 4.66. The van der Waals surface area contributed by atoms with Crippen molar-refractivity contribution in [3.05, 3.63) is 66.5 Å². The molecule has 9 heteroatoms. The number of aromatic amines is 1. The van der Waals surface area contributed by atoms with Crippen molar-refractivity contribution in [3.63, 3.8) is 0 Å². The third kappa shape index (κ3) is 4.89. The number of benzene rings is 2. The second-order valence-corrected chi connectivity index (χ2v) is 8.78. The van der Waals surface area contributed by atoms with Gasteiger partial charge in [0.2, 0.25) is 0 Å². The van der Waals surface area contributed by atoms with Gasteiger partial charge in [0.1, 0.15) is 17.3 Å². The number of H-pyrrole nitrogens is 1. The molecule has 2 aromatic carbocycles. The summed E-state index contributed by atoms with van der Waals surface area (Å²) in [6, 6.07) is 15.6. The Bertz CT molecular complexity index is 1320. The molecule has 5 rings (SSSR count). The Balaban J connectivity index is 1.31. The zero-order valence-corrected chi connectivity index (χ0v) is 20.8. The fourth-order valence-corrected chi connectivity index (χ4v) is 4.66. The van der Waals surface area contributed by atoms with E-state index in [1.54, 1.807) is 31.6 Å². The number of hydrazine groups is 1. The summed E-state index contributed by atoms with van der Waals surface area (Å²) >= 11 is 0. The number of fused-ring (bicyclic) bond motifs is 1. The standard InChI is InChI=1S/C27H31N7O2/c1-4-33-16-20(17-34(33)5-2)29-27(35)19-10-11-22(25(13-19)36-3)31-26-15-28-14-24(32-26)23-12-18-8-6-7-9-21(18)30-23/h6-15,20,30H,4-5,16-17H2,1-3H3,(H,29,35)(H,31,32). The van der Waals surface area contributed by atoms with Crippen LogP contribution in [-0.4, -0.2) is 70.2 Å². The van der Waals surface area contributed by atoms with E-state index in [9.17, 15) is 4.79 Å². The zero-order valence-electron chi connectivity index (χ0n) is 20.8. The molecule has 0 radical (unpaired) electrons. The number of amides is 1. The Morgan fingerprint density at radius 2 is 1.86 bits per heavy atom. The minimum absolute atomic E-state index is 0.0869. The SMILES string of the molecule is CCN1CC(NC(=O)c2ccc(Nc3cncc(-c4cc5ccccc5[nH]4)n3)c(OC)c2)CN1CC. The van der Waals surface area contributed by atoms with Crippen LogP contribution in [0, 0.1) is 0 Å². The molecule has 1 saturated heterocycles. The summed E-state index contributed by atoms with van der Waals surface area (Å²) in [5.41, 5.74) is 3.91. The van der Waals surface area contributed by atoms with E-state index in [1.165, 1.54) is 0 Å². The topological polar surface area (TPSA) is 98.4 Å². The van der Waals surface area contributed by atoms with Gasteiger partial charge in [-0.25, -0.2) is 15.0 Å². The first-order chi connectivity index (χ1) is 17.6. The molecule has 0 spiro atoms. The number of hydrogen-bond acceptors (Lipinski definition) is 7. The molecule has 0 bridgehead atoms. The number of ether oxygens (including phenoxy) is 1. The minimum Gasteiger partial charge on any atom is -0.495 e. The molecular weight excluding hydrogens is 454 g/mol. The van der Waals surface area contributed by atoms with E-state index in [0.717, 1.165) is 48.5 Å². The molecule has 1 aliphatic heterocycles. The molecule has 0 saturated carbocycles. The smallest absolute Gasteiger partial charge is 0.251 e. The highest BCUT2D eigenvalue weighted by Crippen LogP contribution is 2.29. The van der Waals surface area contributed by atoms with Gasteiger partial charge >= 0.3 is 0 Å². The summed E-state index contributed by atoms with van der Waals surface area (Å²) in [6.07, 6.45) is 3.38. The van der Waals surface area contributed by atoms with Crippen molar-refractivity contribution in [2.45, 2.75) is 19.9 Å². The number of para-hydroxylation sites is 1. The number of methoxy groups -OCH3 is 1. The van der Waals surface area contributed by atoms with E-state index >= 15 is 0 Å². The highest BCUT2D eigenvalue weighted by Gasteiger charge is 2.29. The van der Waals surface area contributed by atoms with Crippen molar-refractivity contribution in [2.75, 3.05) is 38.6 Å². The van der Waals surface area contributed by atoms with Crippen molar-refractivity contribution in [1.29, 1.82) is 0 Å². The lowest BCUT2D eigenvalue weighted by molar-refractivity contribution is 0.0388. The molecule has 2 aromatic heterocycles. The molecule has 3 heterocycles. The molecule has 4 aromatic rings. The minimum atomic E-state index is -0.112. The van der Waals surface area contributed by atoms with Gasteiger partial charge in [0, 0.05) is 42.6 Å². The number of aromatic nitrogens is 3. The van der Waals surface area contributed by atoms with Gasteiger partial charge in [-0.1, -0.05) is 32.0 Å². The first-order valence-corrected chi connectivity index (χ1v) is 12.2. The van der Waals surface area contributed by atoms with E-state index in [0.29, 0.717) is 22.8 Å². The Hall–Kier alpha value is -3.95. The van der Waals surface area contributed by atoms with Crippen molar-refractivity contribution in [2.24, 2.45) is 0 Å². The number of nitrogens with zero attached hydrogens (tertiary/aromatic N) is 4. The van der Waals surface area contributed by atoms with Crippen LogP contribution in [0.4, 0.5) is 11.5 Å². The number of likely N-dealkylation sites (N-methyl/N-ethyl adjacent to an activating group) is 2. The Morgan fingerprint density at radius 3 is 2.58 bits per heavy atom. The molecule has 1 amide bonds. The van der Waals surface area contributed by atoms with Gasteiger partial charge in [0.25, 0.3) is 5.91 Å². The predicted molar refractivity (Wildman–Crippen MR) is 141 cm³/mol. The summed E-state index contributed by atoms with van der Waals surface area (Å²) in [4.78, 5) is 25.4. The molecule has 0 atom stereocenters. The van der Waals surface area contributed by atoms with Gasteiger partial charge < -0.3 is 20.4 Å². The number of carbonyl (C=O) groups excluding carboxylic acids is 1. The summed E-state index contributed by atoms with van der Waals surface area (Å²) in [7, 11) is 1.59. The maximum atomic E-state index is 13.0. The van der Waals surface area contributed by atoms with Crippen LogP contribution in [0.1, 0.15) is 24.2 Å². The van der Waals surface area contributed by atoms with Gasteiger partial charge in [-0.3, -0.25) is 9.78 Å². The maximum absolute atomic E-state index is 13.0. The highest BCUT2D eigenvalue weighted by molar-refractivity contribution is 5.95. The summed E-state index contributed by atoms with van der Waals surface area (Å²) < 4.78 is 5.59. The quantitative estimate of drug-likeness (QED) is 0.346. The zero-order chi connectivity index (χ0) is 25.1. The lowest BCUT2D eigenvalue weighted by Gasteiger charge is -2.24. The van der Waals surface area contributed by atoms with Gasteiger partial charge in [0.15, 0.2) is 0 Å². The molecule has 36 heavy (non-hydrogen) atoms. The van der Waals surface area contributed by atoms with Crippen LogP contribution < -0.4 is 15.4 Å². The molecule has 9 nitrogen and oxygen atoms in total. The van der Waals surface area contributed by atoms with Gasteiger partial charge in [0.05, 0.1) is 36.9 Å². The first kappa shape index (κ1) is 23.8. The monoisotopic (exact) mass is 485 g/mol. The Kier molecular flexibility index (Phi) is 6.84. The van der Waals surface area contributed by atoms with Crippen LogP contribution >= 0.6 is 0 Å². The Morgan fingerprint density at radius 1 is 1.08 bits per heavy atom. The molecule has 186 valence electrons. The van der Waals surface area contributed by atoms with Crippen molar-refractivity contribution in [1.82, 2.24) is 30.3 Å². The third-order valence-electron chi connectivity index (χ3n) is 6.49. The van der Waals surface area contributed by atoms with Crippen molar-refractivity contribution < 1.29 is 9.53 Å². The van der Waals surface area contributed by atoms with Crippen molar-refractivity contribution >= 4 is 28.3 Å². The molecule has 0 unspecified atom stereocenters.